The molecule has 0 radical (unpaired) electrons. The highest BCUT2D eigenvalue weighted by Gasteiger charge is 2.28. The third kappa shape index (κ3) is 1.15. The van der Waals surface area contributed by atoms with Crippen molar-refractivity contribution in [2.24, 2.45) is 4.99 Å². The van der Waals surface area contributed by atoms with E-state index >= 15 is 0 Å². The molecule has 0 saturated carbocycles. The summed E-state index contributed by atoms with van der Waals surface area (Å²) in [6, 6.07) is -0.411. The van der Waals surface area contributed by atoms with Gasteiger partial charge in [-0.15, -0.1) is 0 Å². The fourth-order valence-corrected chi connectivity index (χ4v) is 0.903. The molecule has 1 rings (SSSR count). The molecular formula is C7H10N2O2. The summed E-state index contributed by atoms with van der Waals surface area (Å²) in [5, 5.41) is 0. The lowest BCUT2D eigenvalue weighted by atomic mass is 10.2. The Morgan fingerprint density at radius 3 is 2.55 bits per heavy atom. The van der Waals surface area contributed by atoms with E-state index in [2.05, 4.69) is 4.99 Å². The summed E-state index contributed by atoms with van der Waals surface area (Å²) in [4.78, 5) is 27.1. The highest BCUT2D eigenvalue weighted by molar-refractivity contribution is 6.41. The lowest BCUT2D eigenvalue weighted by molar-refractivity contribution is -0.134. The van der Waals surface area contributed by atoms with Gasteiger partial charge in [-0.25, -0.2) is 4.99 Å². The molecule has 0 saturated heterocycles. The van der Waals surface area contributed by atoms with Gasteiger partial charge >= 0.3 is 0 Å². The quantitative estimate of drug-likeness (QED) is 0.486. The fraction of sp³-hybridized carbons (Fsp3) is 0.571. The first-order chi connectivity index (χ1) is 5.04. The molecule has 0 aromatic carbocycles. The molecule has 1 unspecified atom stereocenters. The molecule has 0 aromatic rings. The molecule has 4 nitrogen and oxygen atoms in total. The standard InChI is InChI=1S/C7H10N2O2/c1-4-7(11)9(3)5(2)6(10)8-4/h5H,1-3H3. The Kier molecular flexibility index (Phi) is 1.76. The number of aliphatic imine (C=N–C) groups is 1. The normalized spacial score (nSPS) is 25.5. The van der Waals surface area contributed by atoms with Crippen LogP contribution in [0.15, 0.2) is 4.99 Å². The molecule has 11 heavy (non-hydrogen) atoms. The van der Waals surface area contributed by atoms with Crippen LogP contribution < -0.4 is 0 Å². The van der Waals surface area contributed by atoms with Crippen LogP contribution in [-0.4, -0.2) is 35.5 Å². The van der Waals surface area contributed by atoms with Gasteiger partial charge in [0.2, 0.25) is 0 Å². The van der Waals surface area contributed by atoms with Crippen LogP contribution in [0.3, 0.4) is 0 Å². The van der Waals surface area contributed by atoms with E-state index in [1.54, 1.807) is 20.9 Å². The van der Waals surface area contributed by atoms with Crippen LogP contribution in [0.25, 0.3) is 0 Å². The number of carbonyl (C=O) groups excluding carboxylic acids is 2. The van der Waals surface area contributed by atoms with Crippen LogP contribution in [0.2, 0.25) is 0 Å². The zero-order valence-electron chi connectivity index (χ0n) is 6.79. The molecule has 0 fully saturated rings. The van der Waals surface area contributed by atoms with Gasteiger partial charge in [0.1, 0.15) is 11.8 Å². The lowest BCUT2D eigenvalue weighted by Crippen LogP contribution is -2.46. The summed E-state index contributed by atoms with van der Waals surface area (Å²) in [6.07, 6.45) is 0. The molecule has 0 aliphatic carbocycles. The molecular weight excluding hydrogens is 144 g/mol. The zero-order chi connectivity index (χ0) is 8.59. The maximum atomic E-state index is 11.1. The molecule has 0 spiro atoms. The van der Waals surface area contributed by atoms with Crippen LogP contribution in [-0.2, 0) is 9.59 Å². The number of amides is 2. The predicted molar refractivity (Wildman–Crippen MR) is 40.3 cm³/mol. The van der Waals surface area contributed by atoms with Crippen molar-refractivity contribution in [3.05, 3.63) is 0 Å². The summed E-state index contributed by atoms with van der Waals surface area (Å²) < 4.78 is 0. The van der Waals surface area contributed by atoms with Crippen molar-refractivity contribution in [1.82, 2.24) is 4.90 Å². The summed E-state index contributed by atoms with van der Waals surface area (Å²) in [5.41, 5.74) is 0.274. The number of carbonyl (C=O) groups is 2. The van der Waals surface area contributed by atoms with E-state index < -0.39 is 6.04 Å². The molecule has 2 amide bonds. The van der Waals surface area contributed by atoms with Gasteiger partial charge in [-0.2, -0.15) is 0 Å². The second-order valence-corrected chi connectivity index (χ2v) is 2.63. The van der Waals surface area contributed by atoms with E-state index in [-0.39, 0.29) is 17.5 Å². The third-order valence-electron chi connectivity index (χ3n) is 1.85. The average Bonchev–Trinajstić information content (AvgIpc) is 1.97. The van der Waals surface area contributed by atoms with Crippen molar-refractivity contribution in [1.29, 1.82) is 0 Å². The van der Waals surface area contributed by atoms with E-state index in [1.165, 1.54) is 4.90 Å². The molecule has 1 aliphatic rings. The van der Waals surface area contributed by atoms with E-state index in [1.807, 2.05) is 0 Å². The van der Waals surface area contributed by atoms with E-state index in [9.17, 15) is 9.59 Å². The van der Waals surface area contributed by atoms with Crippen molar-refractivity contribution in [2.45, 2.75) is 19.9 Å². The lowest BCUT2D eigenvalue weighted by Gasteiger charge is -2.25. The summed E-state index contributed by atoms with van der Waals surface area (Å²) in [6.45, 7) is 3.21. The van der Waals surface area contributed by atoms with Gasteiger partial charge in [-0.1, -0.05) is 0 Å². The van der Waals surface area contributed by atoms with E-state index in [0.717, 1.165) is 0 Å². The van der Waals surface area contributed by atoms with Crippen LogP contribution in [0.1, 0.15) is 13.8 Å². The Morgan fingerprint density at radius 2 is 2.00 bits per heavy atom. The minimum absolute atomic E-state index is 0.169. The maximum Gasteiger partial charge on any atom is 0.268 e. The van der Waals surface area contributed by atoms with Gasteiger partial charge in [0.15, 0.2) is 0 Å². The minimum Gasteiger partial charge on any atom is -0.329 e. The molecule has 0 aromatic heterocycles. The van der Waals surface area contributed by atoms with Gasteiger partial charge in [-0.3, -0.25) is 9.59 Å². The molecule has 1 aliphatic heterocycles. The van der Waals surface area contributed by atoms with Crippen molar-refractivity contribution in [3.63, 3.8) is 0 Å². The van der Waals surface area contributed by atoms with Gasteiger partial charge in [0.05, 0.1) is 0 Å². The monoisotopic (exact) mass is 154 g/mol. The average molecular weight is 154 g/mol. The largest absolute Gasteiger partial charge is 0.329 e. The maximum absolute atomic E-state index is 11.1. The number of nitrogens with zero attached hydrogens (tertiary/aromatic N) is 2. The summed E-state index contributed by atoms with van der Waals surface area (Å²) in [5.74, 6) is -0.415. The highest BCUT2D eigenvalue weighted by atomic mass is 16.2. The fourth-order valence-electron chi connectivity index (χ4n) is 0.903. The molecule has 0 bridgehead atoms. The van der Waals surface area contributed by atoms with Crippen LogP contribution in [0.5, 0.6) is 0 Å². The van der Waals surface area contributed by atoms with Crippen LogP contribution in [0.4, 0.5) is 0 Å². The second-order valence-electron chi connectivity index (χ2n) is 2.63. The van der Waals surface area contributed by atoms with Crippen LogP contribution >= 0.6 is 0 Å². The second kappa shape index (κ2) is 2.45. The Labute approximate surface area is 64.9 Å². The Hall–Kier alpha value is -1.19. The molecule has 1 atom stereocenters. The Bertz CT molecular complexity index is 245. The highest BCUT2D eigenvalue weighted by Crippen LogP contribution is 2.06. The van der Waals surface area contributed by atoms with Crippen molar-refractivity contribution in [3.8, 4) is 0 Å². The predicted octanol–water partition coefficient (Wildman–Crippen LogP) is -0.166. The van der Waals surface area contributed by atoms with Gasteiger partial charge < -0.3 is 4.90 Å². The first kappa shape index (κ1) is 7.91. The molecule has 4 heteroatoms. The van der Waals surface area contributed by atoms with Gasteiger partial charge in [0, 0.05) is 7.05 Å². The first-order valence-corrected chi connectivity index (χ1v) is 3.40. The SMILES string of the molecule is CC1=NC(=O)C(C)N(C)C1=O. The number of rotatable bonds is 0. The Morgan fingerprint density at radius 1 is 1.45 bits per heavy atom. The molecule has 0 N–H and O–H groups in total. The zero-order valence-corrected chi connectivity index (χ0v) is 6.79. The first-order valence-electron chi connectivity index (χ1n) is 3.40. The molecule has 60 valence electrons. The van der Waals surface area contributed by atoms with Crippen molar-refractivity contribution >= 4 is 17.5 Å². The molecule has 1 heterocycles. The topological polar surface area (TPSA) is 49.7 Å². The smallest absolute Gasteiger partial charge is 0.268 e. The number of hydrogen-bond donors (Lipinski definition) is 0. The Balaban J connectivity index is 3.01. The minimum atomic E-state index is -0.411. The van der Waals surface area contributed by atoms with Crippen LogP contribution in [0, 0.1) is 0 Å². The summed E-state index contributed by atoms with van der Waals surface area (Å²) in [7, 11) is 1.60. The van der Waals surface area contributed by atoms with Crippen molar-refractivity contribution in [2.75, 3.05) is 7.05 Å². The van der Waals surface area contributed by atoms with E-state index in [0.29, 0.717) is 0 Å². The number of likely N-dealkylation sites (N-methyl/N-ethyl adjacent to an activating group) is 1. The van der Waals surface area contributed by atoms with Gasteiger partial charge in [0.25, 0.3) is 11.8 Å². The van der Waals surface area contributed by atoms with Gasteiger partial charge in [-0.05, 0) is 13.8 Å². The summed E-state index contributed by atoms with van der Waals surface area (Å²) >= 11 is 0. The number of hydrogen-bond acceptors (Lipinski definition) is 2. The van der Waals surface area contributed by atoms with Crippen molar-refractivity contribution < 1.29 is 9.59 Å². The third-order valence-corrected chi connectivity index (χ3v) is 1.85. The van der Waals surface area contributed by atoms with E-state index in [4.69, 9.17) is 0 Å².